The average molecular weight is 174 g/mol. The SMILES string of the molecule is CCC1CCCC(C)S(=O)C1. The fourth-order valence-corrected chi connectivity index (χ4v) is 3.25. The van der Waals surface area contributed by atoms with Crippen molar-refractivity contribution in [1.82, 2.24) is 0 Å². The summed E-state index contributed by atoms with van der Waals surface area (Å²) in [6.45, 7) is 4.33. The highest BCUT2D eigenvalue weighted by atomic mass is 32.2. The molecule has 2 heteroatoms. The lowest BCUT2D eigenvalue weighted by Gasteiger charge is -2.09. The Hall–Kier alpha value is 0.150. The van der Waals surface area contributed by atoms with Crippen LogP contribution in [0.25, 0.3) is 0 Å². The van der Waals surface area contributed by atoms with Gasteiger partial charge in [0.1, 0.15) is 0 Å². The smallest absolute Gasteiger partial charge is 0.0319 e. The molecular weight excluding hydrogens is 156 g/mol. The van der Waals surface area contributed by atoms with Gasteiger partial charge in [-0.2, -0.15) is 0 Å². The third-order valence-electron chi connectivity index (χ3n) is 2.65. The zero-order chi connectivity index (χ0) is 8.27. The van der Waals surface area contributed by atoms with E-state index in [0.717, 1.165) is 11.7 Å². The zero-order valence-electron chi connectivity index (χ0n) is 7.51. The molecule has 0 amide bonds. The Morgan fingerprint density at radius 1 is 1.45 bits per heavy atom. The minimum atomic E-state index is -0.532. The Bertz CT molecular complexity index is 144. The van der Waals surface area contributed by atoms with Crippen molar-refractivity contribution in [3.63, 3.8) is 0 Å². The van der Waals surface area contributed by atoms with E-state index in [1.54, 1.807) is 0 Å². The number of hydrogen-bond acceptors (Lipinski definition) is 1. The van der Waals surface area contributed by atoms with Crippen LogP contribution in [0, 0.1) is 5.92 Å². The molecule has 11 heavy (non-hydrogen) atoms. The van der Waals surface area contributed by atoms with Crippen molar-refractivity contribution < 1.29 is 4.21 Å². The van der Waals surface area contributed by atoms with Gasteiger partial charge in [-0.15, -0.1) is 0 Å². The molecule has 0 aromatic heterocycles. The van der Waals surface area contributed by atoms with E-state index in [-0.39, 0.29) is 0 Å². The number of hydrogen-bond donors (Lipinski definition) is 0. The Balaban J connectivity index is 2.48. The second-order valence-electron chi connectivity index (χ2n) is 3.56. The third kappa shape index (κ3) is 2.58. The van der Waals surface area contributed by atoms with Crippen LogP contribution >= 0.6 is 0 Å². The molecule has 1 aliphatic heterocycles. The largest absolute Gasteiger partial charge is 0.259 e. The second-order valence-corrected chi connectivity index (χ2v) is 5.46. The van der Waals surface area contributed by atoms with Crippen LogP contribution in [0.4, 0.5) is 0 Å². The van der Waals surface area contributed by atoms with E-state index >= 15 is 0 Å². The molecule has 0 saturated carbocycles. The Kier molecular flexibility index (Phi) is 3.57. The first-order chi connectivity index (χ1) is 5.24. The van der Waals surface area contributed by atoms with Crippen molar-refractivity contribution in [3.8, 4) is 0 Å². The van der Waals surface area contributed by atoms with E-state index in [1.807, 2.05) is 0 Å². The summed E-state index contributed by atoms with van der Waals surface area (Å²) < 4.78 is 11.5. The number of rotatable bonds is 1. The molecule has 1 aliphatic rings. The molecule has 3 atom stereocenters. The maximum atomic E-state index is 11.5. The lowest BCUT2D eigenvalue weighted by Crippen LogP contribution is -2.14. The van der Waals surface area contributed by atoms with Crippen LogP contribution in [0.15, 0.2) is 0 Å². The highest BCUT2D eigenvalue weighted by Gasteiger charge is 2.20. The summed E-state index contributed by atoms with van der Waals surface area (Å²) >= 11 is 0. The molecule has 66 valence electrons. The fourth-order valence-electron chi connectivity index (χ4n) is 1.63. The average Bonchev–Trinajstić information content (AvgIpc) is 2.15. The van der Waals surface area contributed by atoms with Crippen LogP contribution in [-0.2, 0) is 10.8 Å². The summed E-state index contributed by atoms with van der Waals surface area (Å²) in [5.41, 5.74) is 0. The van der Waals surface area contributed by atoms with Crippen molar-refractivity contribution >= 4 is 10.8 Å². The summed E-state index contributed by atoms with van der Waals surface area (Å²) in [4.78, 5) is 0. The van der Waals surface area contributed by atoms with Gasteiger partial charge in [-0.1, -0.05) is 26.7 Å². The molecule has 1 rings (SSSR count). The summed E-state index contributed by atoms with van der Waals surface area (Å²) in [6.07, 6.45) is 4.96. The van der Waals surface area contributed by atoms with E-state index in [0.29, 0.717) is 5.25 Å². The summed E-state index contributed by atoms with van der Waals surface area (Å²) in [5.74, 6) is 1.69. The summed E-state index contributed by atoms with van der Waals surface area (Å²) in [5, 5.41) is 0.451. The molecule has 0 bridgehead atoms. The van der Waals surface area contributed by atoms with Gasteiger partial charge in [0, 0.05) is 21.8 Å². The minimum Gasteiger partial charge on any atom is -0.259 e. The molecule has 0 spiro atoms. The maximum Gasteiger partial charge on any atom is 0.0319 e. The van der Waals surface area contributed by atoms with Gasteiger partial charge >= 0.3 is 0 Å². The van der Waals surface area contributed by atoms with Crippen LogP contribution < -0.4 is 0 Å². The first kappa shape index (κ1) is 9.24. The van der Waals surface area contributed by atoms with E-state index in [1.165, 1.54) is 25.7 Å². The van der Waals surface area contributed by atoms with Gasteiger partial charge in [0.2, 0.25) is 0 Å². The van der Waals surface area contributed by atoms with E-state index < -0.39 is 10.8 Å². The molecule has 0 aliphatic carbocycles. The van der Waals surface area contributed by atoms with Crippen molar-refractivity contribution in [3.05, 3.63) is 0 Å². The lowest BCUT2D eigenvalue weighted by atomic mass is 10.0. The minimum absolute atomic E-state index is 0.451. The quantitative estimate of drug-likeness (QED) is 0.596. The predicted octanol–water partition coefficient (Wildman–Crippen LogP) is 2.33. The van der Waals surface area contributed by atoms with Gasteiger partial charge in [-0.3, -0.25) is 4.21 Å². The van der Waals surface area contributed by atoms with Gasteiger partial charge in [0.15, 0.2) is 0 Å². The first-order valence-corrected chi connectivity index (χ1v) is 5.99. The van der Waals surface area contributed by atoms with Crippen molar-refractivity contribution in [2.45, 2.75) is 44.8 Å². The topological polar surface area (TPSA) is 17.1 Å². The standard InChI is InChI=1S/C9H18OS/c1-3-9-6-4-5-8(2)11(10)7-9/h8-9H,3-7H2,1-2H3. The maximum absolute atomic E-state index is 11.5. The molecule has 0 N–H and O–H groups in total. The molecule has 0 aromatic rings. The Morgan fingerprint density at radius 3 is 2.82 bits per heavy atom. The van der Waals surface area contributed by atoms with Crippen LogP contribution in [0.3, 0.4) is 0 Å². The Morgan fingerprint density at radius 2 is 2.18 bits per heavy atom. The molecule has 0 radical (unpaired) electrons. The summed E-state index contributed by atoms with van der Waals surface area (Å²) in [7, 11) is -0.532. The van der Waals surface area contributed by atoms with Crippen molar-refractivity contribution in [2.24, 2.45) is 5.92 Å². The first-order valence-electron chi connectivity index (χ1n) is 4.61. The highest BCUT2D eigenvalue weighted by Crippen LogP contribution is 2.22. The Labute approximate surface area is 72.0 Å². The van der Waals surface area contributed by atoms with Crippen LogP contribution in [0.1, 0.15) is 39.5 Å². The van der Waals surface area contributed by atoms with E-state index in [2.05, 4.69) is 13.8 Å². The van der Waals surface area contributed by atoms with E-state index in [9.17, 15) is 4.21 Å². The van der Waals surface area contributed by atoms with Crippen LogP contribution in [0.5, 0.6) is 0 Å². The van der Waals surface area contributed by atoms with Gasteiger partial charge in [-0.05, 0) is 18.8 Å². The monoisotopic (exact) mass is 174 g/mol. The molecule has 1 saturated heterocycles. The third-order valence-corrected chi connectivity index (χ3v) is 4.58. The normalized spacial score (nSPS) is 40.0. The summed E-state index contributed by atoms with van der Waals surface area (Å²) in [6, 6.07) is 0. The van der Waals surface area contributed by atoms with Crippen molar-refractivity contribution in [2.75, 3.05) is 5.75 Å². The van der Waals surface area contributed by atoms with Crippen LogP contribution in [0.2, 0.25) is 0 Å². The highest BCUT2D eigenvalue weighted by molar-refractivity contribution is 7.85. The van der Waals surface area contributed by atoms with Crippen LogP contribution in [-0.4, -0.2) is 15.2 Å². The van der Waals surface area contributed by atoms with Gasteiger partial charge in [0.25, 0.3) is 0 Å². The van der Waals surface area contributed by atoms with Gasteiger partial charge in [-0.25, -0.2) is 0 Å². The lowest BCUT2D eigenvalue weighted by molar-refractivity contribution is 0.502. The van der Waals surface area contributed by atoms with Gasteiger partial charge < -0.3 is 0 Å². The van der Waals surface area contributed by atoms with E-state index in [4.69, 9.17) is 0 Å². The second kappa shape index (κ2) is 4.24. The molecule has 0 aromatic carbocycles. The molecule has 1 nitrogen and oxygen atoms in total. The fraction of sp³-hybridized carbons (Fsp3) is 1.00. The zero-order valence-corrected chi connectivity index (χ0v) is 8.32. The van der Waals surface area contributed by atoms with Gasteiger partial charge in [0.05, 0.1) is 0 Å². The molecular formula is C9H18OS. The van der Waals surface area contributed by atoms with Crippen molar-refractivity contribution in [1.29, 1.82) is 0 Å². The molecule has 3 unspecified atom stereocenters. The molecule has 1 heterocycles. The molecule has 1 fully saturated rings. The predicted molar refractivity (Wildman–Crippen MR) is 50.1 cm³/mol.